The molecule has 0 bridgehead atoms. The summed E-state index contributed by atoms with van der Waals surface area (Å²) in [6, 6.07) is 5.71. The smallest absolute Gasteiger partial charge is 0.317 e. The van der Waals surface area contributed by atoms with Crippen LogP contribution < -0.4 is 15.4 Å². The summed E-state index contributed by atoms with van der Waals surface area (Å²) in [6.07, 6.45) is 0. The molecule has 1 heterocycles. The molecule has 0 fully saturated rings. The highest BCUT2D eigenvalue weighted by molar-refractivity contribution is 5.67. The first-order valence-corrected chi connectivity index (χ1v) is 5.06. The number of nitrogen functional groups attached to an aromatic ring is 1. The molecule has 0 aliphatic carbocycles. The molecule has 0 unspecified atom stereocenters. The highest BCUT2D eigenvalue weighted by atomic mass is 16.5. The molecule has 0 aliphatic heterocycles. The van der Waals surface area contributed by atoms with Gasteiger partial charge in [-0.2, -0.15) is 0 Å². The Morgan fingerprint density at radius 2 is 2.06 bits per heavy atom. The SMILES string of the molecule is COc1cc(N)ccc1-c1nnc(N(C)C)o1. The monoisotopic (exact) mass is 234 g/mol. The molecule has 2 rings (SSSR count). The highest BCUT2D eigenvalue weighted by Crippen LogP contribution is 2.31. The van der Waals surface area contributed by atoms with Crippen molar-refractivity contribution in [2.24, 2.45) is 0 Å². The first-order chi connectivity index (χ1) is 8.11. The Kier molecular flexibility index (Phi) is 2.86. The number of anilines is 2. The van der Waals surface area contributed by atoms with Crippen molar-refractivity contribution in [3.63, 3.8) is 0 Å². The van der Waals surface area contributed by atoms with E-state index in [0.29, 0.717) is 23.3 Å². The topological polar surface area (TPSA) is 77.4 Å². The molecule has 6 nitrogen and oxygen atoms in total. The Bertz CT molecular complexity index is 522. The van der Waals surface area contributed by atoms with Crippen LogP contribution in [0.15, 0.2) is 22.6 Å². The van der Waals surface area contributed by atoms with Gasteiger partial charge in [0.2, 0.25) is 0 Å². The Balaban J connectivity index is 2.44. The van der Waals surface area contributed by atoms with Gasteiger partial charge in [-0.25, -0.2) is 0 Å². The molecule has 0 saturated heterocycles. The van der Waals surface area contributed by atoms with E-state index in [1.807, 2.05) is 14.1 Å². The Morgan fingerprint density at radius 1 is 1.29 bits per heavy atom. The Hall–Kier alpha value is -2.24. The van der Waals surface area contributed by atoms with Crippen LogP contribution in [0.25, 0.3) is 11.5 Å². The van der Waals surface area contributed by atoms with Gasteiger partial charge in [-0.3, -0.25) is 0 Å². The van der Waals surface area contributed by atoms with Crippen molar-refractivity contribution in [1.82, 2.24) is 10.2 Å². The van der Waals surface area contributed by atoms with E-state index < -0.39 is 0 Å². The number of hydrogen-bond donors (Lipinski definition) is 1. The largest absolute Gasteiger partial charge is 0.496 e. The number of methoxy groups -OCH3 is 1. The molecule has 0 atom stereocenters. The summed E-state index contributed by atoms with van der Waals surface area (Å²) in [5.74, 6) is 1.02. The van der Waals surface area contributed by atoms with Crippen molar-refractivity contribution in [3.8, 4) is 17.2 Å². The molecule has 0 spiro atoms. The van der Waals surface area contributed by atoms with Crippen LogP contribution in [0.1, 0.15) is 0 Å². The predicted octanol–water partition coefficient (Wildman–Crippen LogP) is 1.39. The summed E-state index contributed by atoms with van der Waals surface area (Å²) in [6.45, 7) is 0. The minimum atomic E-state index is 0.408. The minimum absolute atomic E-state index is 0.408. The van der Waals surface area contributed by atoms with Crippen LogP contribution in [0.5, 0.6) is 5.75 Å². The molecule has 0 amide bonds. The predicted molar refractivity (Wildman–Crippen MR) is 65.0 cm³/mol. The van der Waals surface area contributed by atoms with Gasteiger partial charge in [0.25, 0.3) is 5.89 Å². The molecular formula is C11H14N4O2. The van der Waals surface area contributed by atoms with E-state index in [-0.39, 0.29) is 0 Å². The third-order valence-corrected chi connectivity index (χ3v) is 2.25. The number of benzene rings is 1. The zero-order valence-corrected chi connectivity index (χ0v) is 9.97. The first kappa shape index (κ1) is 11.3. The van der Waals surface area contributed by atoms with E-state index in [0.717, 1.165) is 5.56 Å². The first-order valence-electron chi connectivity index (χ1n) is 5.06. The lowest BCUT2D eigenvalue weighted by Gasteiger charge is -2.06. The second kappa shape index (κ2) is 4.32. The van der Waals surface area contributed by atoms with Crippen LogP contribution >= 0.6 is 0 Å². The number of ether oxygens (including phenoxy) is 1. The van der Waals surface area contributed by atoms with Crippen molar-refractivity contribution in [3.05, 3.63) is 18.2 Å². The molecule has 6 heteroatoms. The Morgan fingerprint density at radius 3 is 2.65 bits per heavy atom. The van der Waals surface area contributed by atoms with Crippen molar-refractivity contribution in [1.29, 1.82) is 0 Å². The lowest BCUT2D eigenvalue weighted by molar-refractivity contribution is 0.414. The summed E-state index contributed by atoms with van der Waals surface area (Å²) in [7, 11) is 5.23. The number of nitrogens with zero attached hydrogens (tertiary/aromatic N) is 3. The summed E-state index contributed by atoms with van der Waals surface area (Å²) in [5, 5.41) is 7.88. The maximum absolute atomic E-state index is 5.68. The van der Waals surface area contributed by atoms with Crippen LogP contribution in [0.3, 0.4) is 0 Å². The van der Waals surface area contributed by atoms with Gasteiger partial charge in [-0.15, -0.1) is 5.10 Å². The molecule has 0 radical (unpaired) electrons. The maximum atomic E-state index is 5.68. The summed E-state index contributed by atoms with van der Waals surface area (Å²) in [5.41, 5.74) is 7.03. The van der Waals surface area contributed by atoms with Gasteiger partial charge in [0, 0.05) is 25.8 Å². The second-order valence-corrected chi connectivity index (χ2v) is 3.74. The average Bonchev–Trinajstić information content (AvgIpc) is 2.78. The van der Waals surface area contributed by atoms with Crippen molar-refractivity contribution in [2.45, 2.75) is 0 Å². The summed E-state index contributed by atoms with van der Waals surface area (Å²) >= 11 is 0. The van der Waals surface area contributed by atoms with Crippen LogP contribution in [-0.2, 0) is 0 Å². The summed E-state index contributed by atoms with van der Waals surface area (Å²) in [4.78, 5) is 1.74. The molecule has 17 heavy (non-hydrogen) atoms. The fourth-order valence-corrected chi connectivity index (χ4v) is 1.39. The minimum Gasteiger partial charge on any atom is -0.496 e. The third-order valence-electron chi connectivity index (χ3n) is 2.25. The van der Waals surface area contributed by atoms with Crippen molar-refractivity contribution < 1.29 is 9.15 Å². The van der Waals surface area contributed by atoms with Crippen LogP contribution in [0.4, 0.5) is 11.7 Å². The van der Waals surface area contributed by atoms with Gasteiger partial charge in [-0.1, -0.05) is 5.10 Å². The molecule has 2 N–H and O–H groups in total. The lowest BCUT2D eigenvalue weighted by atomic mass is 10.2. The molecule has 0 saturated carbocycles. The zero-order valence-electron chi connectivity index (χ0n) is 9.97. The van der Waals surface area contributed by atoms with Gasteiger partial charge in [0.1, 0.15) is 5.75 Å². The van der Waals surface area contributed by atoms with E-state index in [1.54, 1.807) is 30.2 Å². The van der Waals surface area contributed by atoms with E-state index in [4.69, 9.17) is 14.9 Å². The normalized spacial score (nSPS) is 10.3. The molecule has 0 aliphatic rings. The highest BCUT2D eigenvalue weighted by Gasteiger charge is 2.14. The average molecular weight is 234 g/mol. The Labute approximate surface area is 99.0 Å². The molecular weight excluding hydrogens is 220 g/mol. The number of nitrogens with two attached hydrogens (primary N) is 1. The maximum Gasteiger partial charge on any atom is 0.317 e. The van der Waals surface area contributed by atoms with Gasteiger partial charge < -0.3 is 19.8 Å². The quantitative estimate of drug-likeness (QED) is 0.809. The fraction of sp³-hybridized carbons (Fsp3) is 0.273. The van der Waals surface area contributed by atoms with Crippen LogP contribution in [0, 0.1) is 0 Å². The van der Waals surface area contributed by atoms with E-state index in [1.165, 1.54) is 0 Å². The van der Waals surface area contributed by atoms with Crippen LogP contribution in [0.2, 0.25) is 0 Å². The zero-order chi connectivity index (χ0) is 12.4. The van der Waals surface area contributed by atoms with E-state index in [9.17, 15) is 0 Å². The van der Waals surface area contributed by atoms with Crippen molar-refractivity contribution >= 4 is 11.7 Å². The van der Waals surface area contributed by atoms with E-state index in [2.05, 4.69) is 10.2 Å². The van der Waals surface area contributed by atoms with E-state index >= 15 is 0 Å². The molecule has 2 aromatic rings. The van der Waals surface area contributed by atoms with Gasteiger partial charge in [0.05, 0.1) is 12.7 Å². The van der Waals surface area contributed by atoms with Crippen LogP contribution in [-0.4, -0.2) is 31.4 Å². The third kappa shape index (κ3) is 2.15. The number of hydrogen-bond acceptors (Lipinski definition) is 6. The molecule has 1 aromatic heterocycles. The summed E-state index contributed by atoms with van der Waals surface area (Å²) < 4.78 is 10.7. The second-order valence-electron chi connectivity index (χ2n) is 3.74. The lowest BCUT2D eigenvalue weighted by Crippen LogP contribution is -2.08. The van der Waals surface area contributed by atoms with Gasteiger partial charge in [-0.05, 0) is 12.1 Å². The van der Waals surface area contributed by atoms with Crippen molar-refractivity contribution in [2.75, 3.05) is 31.8 Å². The van der Waals surface area contributed by atoms with Gasteiger partial charge in [0.15, 0.2) is 0 Å². The number of aromatic nitrogens is 2. The standard InChI is InChI=1S/C11H14N4O2/c1-15(2)11-14-13-10(17-11)8-5-4-7(12)6-9(8)16-3/h4-6H,12H2,1-3H3. The molecule has 90 valence electrons. The fourth-order valence-electron chi connectivity index (χ4n) is 1.39. The molecule has 1 aromatic carbocycles. The number of rotatable bonds is 3. The van der Waals surface area contributed by atoms with Gasteiger partial charge >= 0.3 is 6.01 Å².